The van der Waals surface area contributed by atoms with Crippen LogP contribution in [-0.2, 0) is 4.79 Å². The zero-order chi connectivity index (χ0) is 13.1. The molecular weight excluding hydrogens is 234 g/mol. The number of carboxylic acid groups (broad SMARTS) is 1. The summed E-state index contributed by atoms with van der Waals surface area (Å²) >= 11 is 0. The Kier molecular flexibility index (Phi) is 3.15. The van der Waals surface area contributed by atoms with E-state index < -0.39 is 6.09 Å². The molecule has 0 radical (unpaired) electrons. The average molecular weight is 245 g/mol. The fourth-order valence-corrected chi connectivity index (χ4v) is 1.89. The summed E-state index contributed by atoms with van der Waals surface area (Å²) in [6, 6.07) is 8.81. The van der Waals surface area contributed by atoms with Crippen LogP contribution in [0.1, 0.15) is 5.56 Å². The van der Waals surface area contributed by atoms with Crippen LogP contribution in [-0.4, -0.2) is 41.6 Å². The van der Waals surface area contributed by atoms with Gasteiger partial charge in [0.05, 0.1) is 11.3 Å². The van der Waals surface area contributed by atoms with Crippen molar-refractivity contribution in [1.82, 2.24) is 4.90 Å². The lowest BCUT2D eigenvalue weighted by Gasteiger charge is -2.33. The highest BCUT2D eigenvalue weighted by molar-refractivity contribution is 5.98. The van der Waals surface area contributed by atoms with Crippen molar-refractivity contribution in [2.75, 3.05) is 24.5 Å². The molecule has 1 saturated heterocycles. The standard InChI is InChI=1S/C12H11N3O3/c13-7-9-3-1-2-4-10(9)15-6-5-14(12(17)18)8-11(15)16/h1-4H,5-6,8H2,(H,17,18). The largest absolute Gasteiger partial charge is 0.465 e. The van der Waals surface area contributed by atoms with E-state index in [4.69, 9.17) is 10.4 Å². The van der Waals surface area contributed by atoms with Crippen LogP contribution < -0.4 is 4.90 Å². The van der Waals surface area contributed by atoms with Crippen molar-refractivity contribution < 1.29 is 14.7 Å². The molecule has 1 aliphatic heterocycles. The van der Waals surface area contributed by atoms with Crippen LogP contribution >= 0.6 is 0 Å². The van der Waals surface area contributed by atoms with Crippen molar-refractivity contribution >= 4 is 17.7 Å². The van der Waals surface area contributed by atoms with Gasteiger partial charge in [0.25, 0.3) is 0 Å². The molecule has 0 aliphatic carbocycles. The SMILES string of the molecule is N#Cc1ccccc1N1CCN(C(=O)O)CC1=O. The smallest absolute Gasteiger partial charge is 0.407 e. The van der Waals surface area contributed by atoms with Crippen LogP contribution in [0.5, 0.6) is 0 Å². The number of nitrogens with zero attached hydrogens (tertiary/aromatic N) is 3. The Labute approximate surface area is 104 Å². The van der Waals surface area contributed by atoms with E-state index in [0.29, 0.717) is 11.3 Å². The van der Waals surface area contributed by atoms with Gasteiger partial charge >= 0.3 is 6.09 Å². The van der Waals surface area contributed by atoms with E-state index >= 15 is 0 Å². The molecule has 0 unspecified atom stereocenters. The molecule has 0 spiro atoms. The number of amides is 2. The number of rotatable bonds is 1. The van der Waals surface area contributed by atoms with Crippen molar-refractivity contribution in [3.05, 3.63) is 29.8 Å². The first-order valence-electron chi connectivity index (χ1n) is 5.41. The minimum Gasteiger partial charge on any atom is -0.465 e. The number of para-hydroxylation sites is 1. The van der Waals surface area contributed by atoms with Gasteiger partial charge in [0.15, 0.2) is 0 Å². The van der Waals surface area contributed by atoms with Gasteiger partial charge in [-0.1, -0.05) is 12.1 Å². The van der Waals surface area contributed by atoms with Crippen molar-refractivity contribution in [3.63, 3.8) is 0 Å². The fraction of sp³-hybridized carbons (Fsp3) is 0.250. The van der Waals surface area contributed by atoms with Gasteiger partial charge in [0.2, 0.25) is 5.91 Å². The van der Waals surface area contributed by atoms with Crippen molar-refractivity contribution in [1.29, 1.82) is 5.26 Å². The van der Waals surface area contributed by atoms with Crippen LogP contribution in [0.25, 0.3) is 0 Å². The maximum Gasteiger partial charge on any atom is 0.407 e. The Morgan fingerprint density at radius 1 is 1.33 bits per heavy atom. The minimum absolute atomic E-state index is 0.172. The van der Waals surface area contributed by atoms with E-state index in [0.717, 1.165) is 4.90 Å². The van der Waals surface area contributed by atoms with E-state index in [9.17, 15) is 9.59 Å². The normalized spacial score (nSPS) is 15.4. The van der Waals surface area contributed by atoms with E-state index in [2.05, 4.69) is 0 Å². The Bertz CT molecular complexity index is 536. The van der Waals surface area contributed by atoms with E-state index in [1.807, 2.05) is 6.07 Å². The lowest BCUT2D eigenvalue weighted by molar-refractivity contribution is -0.120. The predicted molar refractivity (Wildman–Crippen MR) is 63.1 cm³/mol. The third-order valence-corrected chi connectivity index (χ3v) is 2.81. The lowest BCUT2D eigenvalue weighted by atomic mass is 10.1. The number of carbonyl (C=O) groups excluding carboxylic acids is 1. The molecule has 0 bridgehead atoms. The second-order valence-corrected chi connectivity index (χ2v) is 3.88. The van der Waals surface area contributed by atoms with Crippen LogP contribution in [0, 0.1) is 11.3 Å². The number of hydrogen-bond donors (Lipinski definition) is 1. The third-order valence-electron chi connectivity index (χ3n) is 2.81. The summed E-state index contributed by atoms with van der Waals surface area (Å²) in [6.07, 6.45) is -1.10. The Balaban J connectivity index is 2.24. The van der Waals surface area contributed by atoms with Crippen LogP contribution in [0.15, 0.2) is 24.3 Å². The second kappa shape index (κ2) is 4.75. The molecule has 18 heavy (non-hydrogen) atoms. The maximum absolute atomic E-state index is 11.9. The highest BCUT2D eigenvalue weighted by Gasteiger charge is 2.28. The third kappa shape index (κ3) is 2.11. The molecule has 1 aliphatic rings. The molecule has 1 aromatic carbocycles. The van der Waals surface area contributed by atoms with Gasteiger partial charge in [-0.15, -0.1) is 0 Å². The summed E-state index contributed by atoms with van der Waals surface area (Å²) in [5.74, 6) is -0.314. The van der Waals surface area contributed by atoms with Gasteiger partial charge in [-0.3, -0.25) is 9.69 Å². The van der Waals surface area contributed by atoms with Crippen molar-refractivity contribution in [3.8, 4) is 6.07 Å². The number of hydrogen-bond acceptors (Lipinski definition) is 3. The maximum atomic E-state index is 11.9. The number of anilines is 1. The molecule has 6 nitrogen and oxygen atoms in total. The molecule has 0 atom stereocenters. The predicted octanol–water partition coefficient (Wildman–Crippen LogP) is 0.885. The molecule has 1 heterocycles. The topological polar surface area (TPSA) is 84.6 Å². The summed E-state index contributed by atoms with van der Waals surface area (Å²) < 4.78 is 0. The average Bonchev–Trinajstić information content (AvgIpc) is 2.38. The number of benzene rings is 1. The summed E-state index contributed by atoms with van der Waals surface area (Å²) in [4.78, 5) is 25.2. The lowest BCUT2D eigenvalue weighted by Crippen LogP contribution is -2.52. The molecular formula is C12H11N3O3. The molecule has 2 amide bonds. The first-order valence-corrected chi connectivity index (χ1v) is 5.41. The van der Waals surface area contributed by atoms with Crippen molar-refractivity contribution in [2.45, 2.75) is 0 Å². The molecule has 0 aromatic heterocycles. The Morgan fingerprint density at radius 3 is 2.67 bits per heavy atom. The molecule has 1 N–H and O–H groups in total. The number of nitriles is 1. The molecule has 2 rings (SSSR count). The second-order valence-electron chi connectivity index (χ2n) is 3.88. The van der Waals surface area contributed by atoms with Gasteiger partial charge in [-0.25, -0.2) is 4.79 Å². The van der Waals surface area contributed by atoms with Gasteiger partial charge in [-0.2, -0.15) is 5.26 Å². The molecule has 92 valence electrons. The Morgan fingerprint density at radius 2 is 2.06 bits per heavy atom. The van der Waals surface area contributed by atoms with Gasteiger partial charge in [0, 0.05) is 13.1 Å². The summed E-state index contributed by atoms with van der Waals surface area (Å²) in [7, 11) is 0. The summed E-state index contributed by atoms with van der Waals surface area (Å²) in [5, 5.41) is 17.8. The molecule has 0 saturated carbocycles. The van der Waals surface area contributed by atoms with E-state index in [1.165, 1.54) is 4.90 Å². The first-order chi connectivity index (χ1) is 8.63. The zero-order valence-corrected chi connectivity index (χ0v) is 9.54. The molecule has 1 aromatic rings. The van der Waals surface area contributed by atoms with Gasteiger partial charge < -0.3 is 10.0 Å². The fourth-order valence-electron chi connectivity index (χ4n) is 1.89. The van der Waals surface area contributed by atoms with Gasteiger partial charge in [0.1, 0.15) is 12.6 Å². The van der Waals surface area contributed by atoms with Gasteiger partial charge in [-0.05, 0) is 12.1 Å². The van der Waals surface area contributed by atoms with Crippen LogP contribution in [0.3, 0.4) is 0 Å². The quantitative estimate of drug-likeness (QED) is 0.796. The number of carbonyl (C=O) groups is 2. The van der Waals surface area contributed by atoms with Crippen LogP contribution in [0.2, 0.25) is 0 Å². The van der Waals surface area contributed by atoms with E-state index in [1.54, 1.807) is 24.3 Å². The van der Waals surface area contributed by atoms with Crippen molar-refractivity contribution in [2.24, 2.45) is 0 Å². The monoisotopic (exact) mass is 245 g/mol. The molecule has 6 heteroatoms. The summed E-state index contributed by atoms with van der Waals surface area (Å²) in [5.41, 5.74) is 0.949. The minimum atomic E-state index is -1.10. The zero-order valence-electron chi connectivity index (χ0n) is 9.54. The summed E-state index contributed by atoms with van der Waals surface area (Å²) in [6.45, 7) is 0.347. The first kappa shape index (κ1) is 11.9. The highest BCUT2D eigenvalue weighted by Crippen LogP contribution is 2.21. The highest BCUT2D eigenvalue weighted by atomic mass is 16.4. The van der Waals surface area contributed by atoms with E-state index in [-0.39, 0.29) is 25.5 Å². The van der Waals surface area contributed by atoms with Crippen LogP contribution in [0.4, 0.5) is 10.5 Å². The number of piperazine rings is 1. The molecule has 1 fully saturated rings. The Hall–Kier alpha value is -2.55.